The molecule has 2 aromatic rings. The number of allylic oxidation sites excluding steroid dienone is 8. The lowest BCUT2D eigenvalue weighted by molar-refractivity contribution is 0.673. The van der Waals surface area contributed by atoms with E-state index in [4.69, 9.17) is 9.98 Å². The fourth-order valence-corrected chi connectivity index (χ4v) is 3.28. The van der Waals surface area contributed by atoms with Gasteiger partial charge in [0.25, 0.3) is 0 Å². The van der Waals surface area contributed by atoms with Crippen LogP contribution in [0, 0.1) is 25.7 Å². The summed E-state index contributed by atoms with van der Waals surface area (Å²) >= 11 is 0. The monoisotopic (exact) mass is 364 g/mol. The molecule has 0 aliphatic heterocycles. The number of benzene rings is 2. The van der Waals surface area contributed by atoms with Gasteiger partial charge in [-0.25, -0.2) is 9.98 Å². The van der Waals surface area contributed by atoms with Crippen molar-refractivity contribution in [2.45, 2.75) is 13.8 Å². The highest BCUT2D eigenvalue weighted by atomic mass is 14.7. The summed E-state index contributed by atoms with van der Waals surface area (Å²) in [7, 11) is 0. The van der Waals surface area contributed by atoms with E-state index in [0.717, 1.165) is 22.8 Å². The zero-order chi connectivity index (χ0) is 19.3. The van der Waals surface area contributed by atoms with E-state index in [1.165, 1.54) is 11.1 Å². The summed E-state index contributed by atoms with van der Waals surface area (Å²) in [6.07, 6.45) is 17.4. The van der Waals surface area contributed by atoms with E-state index in [1.54, 1.807) is 0 Å². The zero-order valence-electron chi connectivity index (χ0n) is 16.3. The van der Waals surface area contributed by atoms with Gasteiger partial charge in [-0.3, -0.25) is 0 Å². The second kappa shape index (κ2) is 8.18. The van der Waals surface area contributed by atoms with E-state index in [1.807, 2.05) is 0 Å². The van der Waals surface area contributed by atoms with E-state index in [9.17, 15) is 0 Å². The van der Waals surface area contributed by atoms with Crippen LogP contribution in [-0.4, -0.2) is 11.4 Å². The number of hydrogen-bond donors (Lipinski definition) is 0. The van der Waals surface area contributed by atoms with Gasteiger partial charge in [0.2, 0.25) is 0 Å². The molecule has 0 saturated heterocycles. The smallest absolute Gasteiger partial charge is 0.0637 e. The Bertz CT molecular complexity index is 896. The summed E-state index contributed by atoms with van der Waals surface area (Å²) < 4.78 is 0. The normalized spacial score (nSPS) is 20.5. The van der Waals surface area contributed by atoms with Gasteiger partial charge in [0, 0.05) is 11.8 Å². The molecule has 0 atom stereocenters. The van der Waals surface area contributed by atoms with Crippen molar-refractivity contribution in [1.82, 2.24) is 0 Å². The molecule has 2 aromatic carbocycles. The predicted octanol–water partition coefficient (Wildman–Crippen LogP) is 6.63. The molecule has 2 aliphatic rings. The van der Waals surface area contributed by atoms with Gasteiger partial charge >= 0.3 is 0 Å². The molecular formula is C26H24N2. The first-order valence-electron chi connectivity index (χ1n) is 9.69. The maximum Gasteiger partial charge on any atom is 0.0637 e. The Morgan fingerprint density at radius 2 is 0.821 bits per heavy atom. The predicted molar refractivity (Wildman–Crippen MR) is 120 cm³/mol. The lowest BCUT2D eigenvalue weighted by Crippen LogP contribution is -2.12. The summed E-state index contributed by atoms with van der Waals surface area (Å²) in [5.74, 6) is 0.704. The van der Waals surface area contributed by atoms with Gasteiger partial charge in [-0.15, -0.1) is 0 Å². The summed E-state index contributed by atoms with van der Waals surface area (Å²) in [6, 6.07) is 16.6. The Labute approximate surface area is 167 Å². The highest BCUT2D eigenvalue weighted by molar-refractivity contribution is 6.07. The molecule has 0 unspecified atom stereocenters. The Hall–Kier alpha value is -3.26. The molecule has 0 radical (unpaired) electrons. The topological polar surface area (TPSA) is 24.7 Å². The summed E-state index contributed by atoms with van der Waals surface area (Å²) in [5, 5.41) is 0. The Balaban J connectivity index is 1.40. The molecule has 0 fully saturated rings. The fraction of sp³-hybridized carbons (Fsp3) is 0.154. The Morgan fingerprint density at radius 1 is 0.500 bits per heavy atom. The van der Waals surface area contributed by atoms with Crippen molar-refractivity contribution in [3.8, 4) is 0 Å². The van der Waals surface area contributed by atoms with Gasteiger partial charge in [0.1, 0.15) is 0 Å². The van der Waals surface area contributed by atoms with Gasteiger partial charge in [0.05, 0.1) is 22.8 Å². The second-order valence-corrected chi connectivity index (χ2v) is 7.34. The number of aliphatic imine (C=N–C) groups is 2. The van der Waals surface area contributed by atoms with Crippen molar-refractivity contribution in [1.29, 1.82) is 0 Å². The molecule has 138 valence electrons. The minimum atomic E-state index is 0.352. The molecule has 0 spiro atoms. The first-order chi connectivity index (χ1) is 13.7. The molecule has 0 aromatic heterocycles. The van der Waals surface area contributed by atoms with E-state index >= 15 is 0 Å². The highest BCUT2D eigenvalue weighted by Crippen LogP contribution is 2.25. The number of rotatable bonds is 3. The van der Waals surface area contributed by atoms with Crippen LogP contribution < -0.4 is 0 Å². The van der Waals surface area contributed by atoms with E-state index < -0.39 is 0 Å². The van der Waals surface area contributed by atoms with Gasteiger partial charge in [-0.2, -0.15) is 0 Å². The zero-order valence-corrected chi connectivity index (χ0v) is 16.3. The molecule has 2 heteroatoms. The van der Waals surface area contributed by atoms with Crippen LogP contribution in [0.2, 0.25) is 0 Å². The minimum absolute atomic E-state index is 0.352. The molecule has 0 saturated carbocycles. The van der Waals surface area contributed by atoms with Crippen LogP contribution in [-0.2, 0) is 0 Å². The van der Waals surface area contributed by atoms with Gasteiger partial charge in [-0.1, -0.05) is 59.7 Å². The standard InChI is InChI=1S/C26H24N2/c1-19-3-11-23(12-4-19)27-25-15-7-21(8-16-25)22-9-17-26(18-10-22)28-24-13-5-20(2)6-14-24/h3-18,21-22H,1-2H3. The third kappa shape index (κ3) is 4.52. The molecule has 0 heterocycles. The van der Waals surface area contributed by atoms with Gasteiger partial charge in [-0.05, 0) is 62.4 Å². The van der Waals surface area contributed by atoms with E-state index in [-0.39, 0.29) is 0 Å². The lowest BCUT2D eigenvalue weighted by atomic mass is 9.85. The fourth-order valence-electron chi connectivity index (χ4n) is 3.28. The molecule has 2 nitrogen and oxygen atoms in total. The van der Waals surface area contributed by atoms with Crippen LogP contribution in [0.25, 0.3) is 0 Å². The molecule has 0 amide bonds. The Kier molecular flexibility index (Phi) is 5.29. The summed E-state index contributed by atoms with van der Waals surface area (Å²) in [6.45, 7) is 4.17. The SMILES string of the molecule is Cc1ccc(N=C2C=CC(C3C=CC(=Nc4ccc(C)cc4)C=C3)C=C2)cc1. The minimum Gasteiger partial charge on any atom is -0.249 e. The molecule has 0 N–H and O–H groups in total. The number of aryl methyl sites for hydroxylation is 2. The van der Waals surface area contributed by atoms with E-state index in [0.29, 0.717) is 11.8 Å². The molecule has 2 aliphatic carbocycles. The summed E-state index contributed by atoms with van der Waals surface area (Å²) in [5.41, 5.74) is 6.46. The van der Waals surface area contributed by atoms with Crippen molar-refractivity contribution in [2.75, 3.05) is 0 Å². The number of hydrogen-bond acceptors (Lipinski definition) is 2. The van der Waals surface area contributed by atoms with Crippen LogP contribution in [0.5, 0.6) is 0 Å². The van der Waals surface area contributed by atoms with Crippen molar-refractivity contribution in [3.05, 3.63) is 108 Å². The van der Waals surface area contributed by atoms with Crippen molar-refractivity contribution in [2.24, 2.45) is 21.8 Å². The van der Waals surface area contributed by atoms with E-state index in [2.05, 4.69) is 111 Å². The van der Waals surface area contributed by atoms with Crippen molar-refractivity contribution in [3.63, 3.8) is 0 Å². The van der Waals surface area contributed by atoms with Crippen molar-refractivity contribution < 1.29 is 0 Å². The molecule has 0 bridgehead atoms. The largest absolute Gasteiger partial charge is 0.249 e. The molecule has 28 heavy (non-hydrogen) atoms. The molecular weight excluding hydrogens is 340 g/mol. The highest BCUT2D eigenvalue weighted by Gasteiger charge is 2.16. The van der Waals surface area contributed by atoms with Crippen LogP contribution in [0.1, 0.15) is 11.1 Å². The summed E-state index contributed by atoms with van der Waals surface area (Å²) in [4.78, 5) is 9.38. The van der Waals surface area contributed by atoms with Gasteiger partial charge < -0.3 is 0 Å². The second-order valence-electron chi connectivity index (χ2n) is 7.34. The number of nitrogens with zero attached hydrogens (tertiary/aromatic N) is 2. The maximum atomic E-state index is 4.69. The average Bonchev–Trinajstić information content (AvgIpc) is 2.73. The van der Waals surface area contributed by atoms with Crippen LogP contribution in [0.3, 0.4) is 0 Å². The quantitative estimate of drug-likeness (QED) is 0.584. The first kappa shape index (κ1) is 18.1. The van der Waals surface area contributed by atoms with Gasteiger partial charge in [0.15, 0.2) is 0 Å². The lowest BCUT2D eigenvalue weighted by Gasteiger charge is -2.20. The van der Waals surface area contributed by atoms with Crippen LogP contribution >= 0.6 is 0 Å². The third-order valence-corrected chi connectivity index (χ3v) is 4.99. The average molecular weight is 364 g/mol. The molecule has 4 rings (SSSR count). The van der Waals surface area contributed by atoms with Crippen LogP contribution in [0.15, 0.2) is 107 Å². The Morgan fingerprint density at radius 3 is 1.14 bits per heavy atom. The first-order valence-corrected chi connectivity index (χ1v) is 9.69. The third-order valence-electron chi connectivity index (χ3n) is 4.99. The maximum absolute atomic E-state index is 4.69. The van der Waals surface area contributed by atoms with Crippen molar-refractivity contribution >= 4 is 22.8 Å². The van der Waals surface area contributed by atoms with Crippen LogP contribution in [0.4, 0.5) is 11.4 Å².